The minimum Gasteiger partial charge on any atom is -0.480 e. The summed E-state index contributed by atoms with van der Waals surface area (Å²) in [6.07, 6.45) is 1.52. The SMILES string of the molecule is CCC(CC)N(CCO)C(=O)NC(C)(C)C(=O)O. The monoisotopic (exact) mass is 260 g/mol. The Labute approximate surface area is 108 Å². The molecule has 0 bridgehead atoms. The molecule has 0 aromatic heterocycles. The Morgan fingerprint density at radius 3 is 2.11 bits per heavy atom. The fourth-order valence-electron chi connectivity index (χ4n) is 1.68. The van der Waals surface area contributed by atoms with E-state index in [9.17, 15) is 9.59 Å². The molecule has 6 heteroatoms. The van der Waals surface area contributed by atoms with Gasteiger partial charge >= 0.3 is 12.0 Å². The highest BCUT2D eigenvalue weighted by molar-refractivity contribution is 5.85. The predicted octanol–water partition coefficient (Wildman–Crippen LogP) is 1.04. The fraction of sp³-hybridized carbons (Fsp3) is 0.833. The number of hydrogen-bond donors (Lipinski definition) is 3. The van der Waals surface area contributed by atoms with E-state index in [1.807, 2.05) is 13.8 Å². The lowest BCUT2D eigenvalue weighted by Crippen LogP contribution is -2.56. The number of hydrogen-bond acceptors (Lipinski definition) is 3. The van der Waals surface area contributed by atoms with Crippen LogP contribution < -0.4 is 5.32 Å². The van der Waals surface area contributed by atoms with Crippen LogP contribution in [0.25, 0.3) is 0 Å². The second kappa shape index (κ2) is 7.20. The molecule has 2 amide bonds. The largest absolute Gasteiger partial charge is 0.480 e. The second-order valence-corrected chi connectivity index (χ2v) is 4.75. The number of urea groups is 1. The van der Waals surface area contributed by atoms with Gasteiger partial charge in [-0.2, -0.15) is 0 Å². The van der Waals surface area contributed by atoms with Crippen LogP contribution in [-0.4, -0.2) is 51.8 Å². The number of nitrogens with zero attached hydrogens (tertiary/aromatic N) is 1. The highest BCUT2D eigenvalue weighted by atomic mass is 16.4. The van der Waals surface area contributed by atoms with Gasteiger partial charge < -0.3 is 20.4 Å². The van der Waals surface area contributed by atoms with Crippen LogP contribution >= 0.6 is 0 Å². The van der Waals surface area contributed by atoms with Gasteiger partial charge in [0.15, 0.2) is 0 Å². The van der Waals surface area contributed by atoms with Crippen molar-refractivity contribution >= 4 is 12.0 Å². The number of amides is 2. The van der Waals surface area contributed by atoms with E-state index >= 15 is 0 Å². The van der Waals surface area contributed by atoms with Crippen molar-refractivity contribution in [2.45, 2.75) is 52.1 Å². The van der Waals surface area contributed by atoms with Crippen LogP contribution in [0.2, 0.25) is 0 Å². The van der Waals surface area contributed by atoms with Gasteiger partial charge in [0.2, 0.25) is 0 Å². The first-order chi connectivity index (χ1) is 8.30. The summed E-state index contributed by atoms with van der Waals surface area (Å²) >= 11 is 0. The van der Waals surface area contributed by atoms with Crippen LogP contribution in [-0.2, 0) is 4.79 Å². The molecule has 106 valence electrons. The van der Waals surface area contributed by atoms with Gasteiger partial charge in [-0.3, -0.25) is 0 Å². The highest BCUT2D eigenvalue weighted by Gasteiger charge is 2.32. The number of carbonyl (C=O) groups excluding carboxylic acids is 1. The molecule has 0 aliphatic heterocycles. The Kier molecular flexibility index (Phi) is 6.68. The minimum absolute atomic E-state index is 0.00162. The van der Waals surface area contributed by atoms with Crippen LogP contribution in [0.4, 0.5) is 4.79 Å². The molecule has 0 aliphatic rings. The molecule has 0 aromatic rings. The van der Waals surface area contributed by atoms with Gasteiger partial charge in [0.25, 0.3) is 0 Å². The van der Waals surface area contributed by atoms with Gasteiger partial charge in [0, 0.05) is 12.6 Å². The number of carboxylic acid groups (broad SMARTS) is 1. The van der Waals surface area contributed by atoms with E-state index < -0.39 is 17.5 Å². The molecule has 0 radical (unpaired) electrons. The van der Waals surface area contributed by atoms with E-state index in [2.05, 4.69) is 5.32 Å². The molecule has 0 saturated heterocycles. The van der Waals surface area contributed by atoms with Crippen LogP contribution in [0.15, 0.2) is 0 Å². The molecule has 18 heavy (non-hydrogen) atoms. The standard InChI is InChI=1S/C12H24N2O4/c1-5-9(6-2)14(7-8-15)11(18)13-12(3,4)10(16)17/h9,15H,5-8H2,1-4H3,(H,13,18)(H,16,17). The molecule has 0 rings (SSSR count). The Hall–Kier alpha value is -1.30. The molecule has 0 aliphatic carbocycles. The summed E-state index contributed by atoms with van der Waals surface area (Å²) in [4.78, 5) is 24.5. The quantitative estimate of drug-likeness (QED) is 0.638. The zero-order valence-electron chi connectivity index (χ0n) is 11.6. The van der Waals surface area contributed by atoms with E-state index in [4.69, 9.17) is 10.2 Å². The number of carbonyl (C=O) groups is 2. The van der Waals surface area contributed by atoms with Crippen LogP contribution in [0.1, 0.15) is 40.5 Å². The van der Waals surface area contributed by atoms with Crippen molar-refractivity contribution in [1.82, 2.24) is 10.2 Å². The molecule has 0 atom stereocenters. The Bertz CT molecular complexity index is 288. The van der Waals surface area contributed by atoms with Crippen LogP contribution in [0.3, 0.4) is 0 Å². The number of aliphatic carboxylic acids is 1. The molecule has 6 nitrogen and oxygen atoms in total. The third kappa shape index (κ3) is 4.52. The lowest BCUT2D eigenvalue weighted by Gasteiger charge is -2.33. The van der Waals surface area contributed by atoms with E-state index in [1.165, 1.54) is 18.7 Å². The van der Waals surface area contributed by atoms with Gasteiger partial charge in [0.05, 0.1) is 6.61 Å². The lowest BCUT2D eigenvalue weighted by molar-refractivity contribution is -0.143. The zero-order valence-corrected chi connectivity index (χ0v) is 11.6. The fourth-order valence-corrected chi connectivity index (χ4v) is 1.68. The molecule has 0 fully saturated rings. The van der Waals surface area contributed by atoms with E-state index in [0.717, 1.165) is 12.8 Å². The first-order valence-electron chi connectivity index (χ1n) is 6.23. The lowest BCUT2D eigenvalue weighted by atomic mass is 10.1. The van der Waals surface area contributed by atoms with Gasteiger partial charge in [-0.05, 0) is 26.7 Å². The first kappa shape index (κ1) is 16.7. The van der Waals surface area contributed by atoms with Gasteiger partial charge in [-0.1, -0.05) is 13.8 Å². The summed E-state index contributed by atoms with van der Waals surface area (Å²) < 4.78 is 0. The summed E-state index contributed by atoms with van der Waals surface area (Å²) in [7, 11) is 0. The summed E-state index contributed by atoms with van der Waals surface area (Å²) in [6.45, 7) is 6.82. The molecule has 0 unspecified atom stereocenters. The normalized spacial score (nSPS) is 11.4. The third-order valence-electron chi connectivity index (χ3n) is 2.94. The van der Waals surface area contributed by atoms with Crippen molar-refractivity contribution in [3.8, 4) is 0 Å². The maximum atomic E-state index is 12.1. The van der Waals surface area contributed by atoms with Crippen LogP contribution in [0, 0.1) is 0 Å². The Balaban J connectivity index is 4.82. The second-order valence-electron chi connectivity index (χ2n) is 4.75. The summed E-state index contributed by atoms with van der Waals surface area (Å²) in [5, 5.41) is 20.4. The molecule has 0 spiro atoms. The van der Waals surface area contributed by atoms with Crippen LogP contribution in [0.5, 0.6) is 0 Å². The Morgan fingerprint density at radius 1 is 1.28 bits per heavy atom. The number of rotatable bonds is 7. The summed E-state index contributed by atoms with van der Waals surface area (Å²) in [6, 6.07) is -0.452. The topological polar surface area (TPSA) is 89.9 Å². The van der Waals surface area contributed by atoms with E-state index in [0.29, 0.717) is 0 Å². The molecule has 0 saturated carbocycles. The minimum atomic E-state index is -1.32. The molecular weight excluding hydrogens is 236 g/mol. The maximum absolute atomic E-state index is 12.1. The van der Waals surface area contributed by atoms with Gasteiger partial charge in [-0.25, -0.2) is 9.59 Å². The maximum Gasteiger partial charge on any atom is 0.328 e. The van der Waals surface area contributed by atoms with Gasteiger partial charge in [0.1, 0.15) is 5.54 Å². The van der Waals surface area contributed by atoms with E-state index in [1.54, 1.807) is 0 Å². The number of aliphatic hydroxyl groups excluding tert-OH is 1. The smallest absolute Gasteiger partial charge is 0.328 e. The van der Waals surface area contributed by atoms with E-state index in [-0.39, 0.29) is 19.2 Å². The number of carboxylic acids is 1. The van der Waals surface area contributed by atoms with Crippen molar-refractivity contribution in [2.24, 2.45) is 0 Å². The molecule has 0 heterocycles. The number of nitrogens with one attached hydrogen (secondary N) is 1. The van der Waals surface area contributed by atoms with Gasteiger partial charge in [-0.15, -0.1) is 0 Å². The van der Waals surface area contributed by atoms with Crippen molar-refractivity contribution < 1.29 is 19.8 Å². The van der Waals surface area contributed by atoms with Crippen molar-refractivity contribution in [2.75, 3.05) is 13.2 Å². The molecule has 3 N–H and O–H groups in total. The molecule has 0 aromatic carbocycles. The summed E-state index contributed by atoms with van der Waals surface area (Å²) in [5.41, 5.74) is -1.32. The zero-order chi connectivity index (χ0) is 14.3. The average Bonchev–Trinajstić information content (AvgIpc) is 2.28. The van der Waals surface area contributed by atoms with Crippen molar-refractivity contribution in [3.63, 3.8) is 0 Å². The molecular formula is C12H24N2O4. The number of aliphatic hydroxyl groups is 1. The highest BCUT2D eigenvalue weighted by Crippen LogP contribution is 2.11. The predicted molar refractivity (Wildman–Crippen MR) is 68.4 cm³/mol. The summed E-state index contributed by atoms with van der Waals surface area (Å²) in [5.74, 6) is -1.09. The van der Waals surface area contributed by atoms with Crippen molar-refractivity contribution in [3.05, 3.63) is 0 Å². The average molecular weight is 260 g/mol. The third-order valence-corrected chi connectivity index (χ3v) is 2.94. The first-order valence-corrected chi connectivity index (χ1v) is 6.23. The Morgan fingerprint density at radius 2 is 1.78 bits per heavy atom. The van der Waals surface area contributed by atoms with Crippen molar-refractivity contribution in [1.29, 1.82) is 0 Å².